The third kappa shape index (κ3) is 3.83. The molecule has 128 valence electrons. The summed E-state index contributed by atoms with van der Waals surface area (Å²) in [6.45, 7) is -0.285. The van der Waals surface area contributed by atoms with Crippen molar-refractivity contribution < 1.29 is 18.7 Å². The number of amides is 1. The molecule has 2 heterocycles. The average Bonchev–Trinajstić information content (AvgIpc) is 3.25. The number of hydrogen-bond donors (Lipinski definition) is 1. The maximum absolute atomic E-state index is 12.1. The highest BCUT2D eigenvalue weighted by atomic mass is 32.1. The number of rotatable bonds is 5. The zero-order chi connectivity index (χ0) is 17.8. The second kappa shape index (κ2) is 7.14. The molecule has 0 radical (unpaired) electrons. The van der Waals surface area contributed by atoms with Gasteiger partial charge < -0.3 is 14.5 Å². The summed E-state index contributed by atoms with van der Waals surface area (Å²) in [4.78, 5) is 35.9. The van der Waals surface area contributed by atoms with E-state index in [0.717, 1.165) is 4.68 Å². The third-order valence-corrected chi connectivity index (χ3v) is 4.08. The molecule has 0 aliphatic carbocycles. The summed E-state index contributed by atoms with van der Waals surface area (Å²) in [7, 11) is 1.29. The average molecular weight is 359 g/mol. The minimum absolute atomic E-state index is 0.176. The van der Waals surface area contributed by atoms with Crippen molar-refractivity contribution in [1.29, 1.82) is 0 Å². The molecule has 0 aliphatic heterocycles. The molecule has 1 amide bonds. The predicted octanol–water partition coefficient (Wildman–Crippen LogP) is 1.99. The van der Waals surface area contributed by atoms with Crippen molar-refractivity contribution in [2.24, 2.45) is 0 Å². The monoisotopic (exact) mass is 359 g/mol. The minimum Gasteiger partial charge on any atom is -0.465 e. The minimum atomic E-state index is -0.709. The summed E-state index contributed by atoms with van der Waals surface area (Å²) < 4.78 is 10.6. The number of esters is 1. The topological polar surface area (TPSA) is 103 Å². The Labute approximate surface area is 145 Å². The van der Waals surface area contributed by atoms with E-state index in [9.17, 15) is 14.4 Å². The van der Waals surface area contributed by atoms with E-state index in [4.69, 9.17) is 4.42 Å². The van der Waals surface area contributed by atoms with Crippen molar-refractivity contribution in [1.82, 2.24) is 9.78 Å². The van der Waals surface area contributed by atoms with E-state index in [-0.39, 0.29) is 12.4 Å². The zero-order valence-corrected chi connectivity index (χ0v) is 13.9. The van der Waals surface area contributed by atoms with Gasteiger partial charge in [0.2, 0.25) is 5.91 Å². The van der Waals surface area contributed by atoms with Crippen LogP contribution >= 0.6 is 11.3 Å². The fourth-order valence-electron chi connectivity index (χ4n) is 2.05. The van der Waals surface area contributed by atoms with Gasteiger partial charge in [0, 0.05) is 5.69 Å². The number of aromatic nitrogens is 2. The molecular weight excluding hydrogens is 346 g/mol. The first kappa shape index (κ1) is 16.7. The van der Waals surface area contributed by atoms with E-state index >= 15 is 0 Å². The van der Waals surface area contributed by atoms with Gasteiger partial charge in [-0.15, -0.1) is 16.4 Å². The first-order valence-electron chi connectivity index (χ1n) is 7.17. The van der Waals surface area contributed by atoms with Crippen molar-refractivity contribution >= 4 is 28.9 Å². The van der Waals surface area contributed by atoms with Crippen LogP contribution in [0.3, 0.4) is 0 Å². The highest BCUT2D eigenvalue weighted by Crippen LogP contribution is 2.21. The van der Waals surface area contributed by atoms with E-state index in [1.54, 1.807) is 18.2 Å². The van der Waals surface area contributed by atoms with Crippen molar-refractivity contribution in [3.8, 4) is 10.8 Å². The summed E-state index contributed by atoms with van der Waals surface area (Å²) in [5.74, 6) is -1.44. The normalized spacial score (nSPS) is 10.4. The Kier molecular flexibility index (Phi) is 4.75. The van der Waals surface area contributed by atoms with Gasteiger partial charge in [-0.05, 0) is 35.7 Å². The van der Waals surface area contributed by atoms with Crippen LogP contribution in [0.5, 0.6) is 0 Å². The molecule has 0 spiro atoms. The Morgan fingerprint density at radius 2 is 2.04 bits per heavy atom. The van der Waals surface area contributed by atoms with Crippen LogP contribution in [0.1, 0.15) is 10.4 Å². The van der Waals surface area contributed by atoms with Crippen LogP contribution < -0.4 is 11.1 Å². The lowest BCUT2D eigenvalue weighted by atomic mass is 10.2. The predicted molar refractivity (Wildman–Crippen MR) is 90.5 cm³/mol. The number of carbonyl (C=O) groups is 2. The molecular formula is C16H13N3O5S. The molecule has 0 aliphatic rings. The van der Waals surface area contributed by atoms with Crippen molar-refractivity contribution in [2.75, 3.05) is 12.4 Å². The van der Waals surface area contributed by atoms with Gasteiger partial charge in [0.05, 0.1) is 17.6 Å². The van der Waals surface area contributed by atoms with Gasteiger partial charge in [-0.1, -0.05) is 6.07 Å². The van der Waals surface area contributed by atoms with Crippen LogP contribution in [-0.2, 0) is 16.1 Å². The van der Waals surface area contributed by atoms with E-state index in [1.165, 1.54) is 30.6 Å². The number of hydrogen-bond acceptors (Lipinski definition) is 7. The number of ether oxygens (including phenoxy) is 1. The first-order valence-corrected chi connectivity index (χ1v) is 8.05. The van der Waals surface area contributed by atoms with Crippen LogP contribution in [0, 0.1) is 0 Å². The second-order valence-electron chi connectivity index (χ2n) is 4.93. The SMILES string of the molecule is COC(=O)c1ccc(NC(=O)Cn2nc(-c3cccs3)oc2=O)cc1. The lowest BCUT2D eigenvalue weighted by molar-refractivity contribution is -0.117. The molecule has 3 rings (SSSR count). The van der Waals surface area contributed by atoms with Gasteiger partial charge >= 0.3 is 11.7 Å². The van der Waals surface area contributed by atoms with Gasteiger partial charge in [0.25, 0.3) is 5.89 Å². The molecule has 0 bridgehead atoms. The van der Waals surface area contributed by atoms with Gasteiger partial charge in [-0.2, -0.15) is 4.68 Å². The van der Waals surface area contributed by atoms with E-state index < -0.39 is 17.6 Å². The zero-order valence-electron chi connectivity index (χ0n) is 13.1. The third-order valence-electron chi connectivity index (χ3n) is 3.22. The fourth-order valence-corrected chi connectivity index (χ4v) is 2.69. The summed E-state index contributed by atoms with van der Waals surface area (Å²) in [6.07, 6.45) is 0. The maximum atomic E-state index is 12.1. The number of methoxy groups -OCH3 is 1. The van der Waals surface area contributed by atoms with Crippen LogP contribution in [0.4, 0.5) is 5.69 Å². The number of nitrogens with zero attached hydrogens (tertiary/aromatic N) is 2. The van der Waals surface area contributed by atoms with Crippen LogP contribution in [0.15, 0.2) is 51.0 Å². The van der Waals surface area contributed by atoms with Crippen molar-refractivity contribution in [2.45, 2.75) is 6.54 Å². The molecule has 0 saturated heterocycles. The number of thiophene rings is 1. The molecule has 8 nitrogen and oxygen atoms in total. The van der Waals surface area contributed by atoms with Crippen molar-refractivity contribution in [3.63, 3.8) is 0 Å². The first-order chi connectivity index (χ1) is 12.1. The number of nitrogens with one attached hydrogen (secondary N) is 1. The quantitative estimate of drug-likeness (QED) is 0.699. The summed E-state index contributed by atoms with van der Waals surface area (Å²) in [5, 5.41) is 8.46. The van der Waals surface area contributed by atoms with Gasteiger partial charge in [0.15, 0.2) is 0 Å². The van der Waals surface area contributed by atoms with Crippen LogP contribution in [0.25, 0.3) is 10.8 Å². The molecule has 0 atom stereocenters. The molecule has 9 heteroatoms. The van der Waals surface area contributed by atoms with Crippen LogP contribution in [-0.4, -0.2) is 28.8 Å². The summed E-state index contributed by atoms with van der Waals surface area (Å²) >= 11 is 1.38. The Balaban J connectivity index is 1.67. The van der Waals surface area contributed by atoms with E-state index in [1.807, 2.05) is 11.4 Å². The summed E-state index contributed by atoms with van der Waals surface area (Å²) in [5.41, 5.74) is 0.849. The van der Waals surface area contributed by atoms with E-state index in [2.05, 4.69) is 15.2 Å². The summed E-state index contributed by atoms with van der Waals surface area (Å²) in [6, 6.07) is 9.75. The number of benzene rings is 1. The number of carbonyl (C=O) groups excluding carboxylic acids is 2. The van der Waals surface area contributed by atoms with Gasteiger partial charge in [-0.3, -0.25) is 4.79 Å². The molecule has 0 unspecified atom stereocenters. The molecule has 0 saturated carbocycles. The van der Waals surface area contributed by atoms with Crippen molar-refractivity contribution in [3.05, 3.63) is 57.9 Å². The van der Waals surface area contributed by atoms with Gasteiger partial charge in [-0.25, -0.2) is 9.59 Å². The maximum Gasteiger partial charge on any atom is 0.437 e. The largest absolute Gasteiger partial charge is 0.465 e. The highest BCUT2D eigenvalue weighted by Gasteiger charge is 2.14. The van der Waals surface area contributed by atoms with Crippen LogP contribution in [0.2, 0.25) is 0 Å². The smallest absolute Gasteiger partial charge is 0.437 e. The molecule has 1 aromatic carbocycles. The molecule has 25 heavy (non-hydrogen) atoms. The Bertz CT molecular complexity index is 941. The standard InChI is InChI=1S/C16H13N3O5S/c1-23-15(21)10-4-6-11(7-5-10)17-13(20)9-19-16(22)24-14(18-19)12-3-2-8-25-12/h2-8H,9H2,1H3,(H,17,20). The molecule has 0 fully saturated rings. The molecule has 1 N–H and O–H groups in total. The Morgan fingerprint density at radius 3 is 2.68 bits per heavy atom. The fraction of sp³-hybridized carbons (Fsp3) is 0.125. The Morgan fingerprint density at radius 1 is 1.28 bits per heavy atom. The lowest BCUT2D eigenvalue weighted by Crippen LogP contribution is -2.25. The highest BCUT2D eigenvalue weighted by molar-refractivity contribution is 7.13. The number of anilines is 1. The molecule has 3 aromatic rings. The van der Waals surface area contributed by atoms with Gasteiger partial charge in [0.1, 0.15) is 6.54 Å². The lowest BCUT2D eigenvalue weighted by Gasteiger charge is -2.05. The second-order valence-corrected chi connectivity index (χ2v) is 5.87. The Hall–Kier alpha value is -3.20. The van der Waals surface area contributed by atoms with E-state index in [0.29, 0.717) is 16.1 Å². The molecule has 2 aromatic heterocycles.